The van der Waals surface area contributed by atoms with Gasteiger partial charge in [-0.2, -0.15) is 0 Å². The third kappa shape index (κ3) is 3.04. The van der Waals surface area contributed by atoms with Crippen LogP contribution in [0.1, 0.15) is 34.2 Å². The van der Waals surface area contributed by atoms with Crippen LogP contribution in [-0.2, 0) is 0 Å². The first-order chi connectivity index (χ1) is 9.01. The van der Waals surface area contributed by atoms with E-state index in [0.29, 0.717) is 0 Å². The largest absolute Gasteiger partial charge is 0.493 e. The van der Waals surface area contributed by atoms with Crippen molar-refractivity contribution < 1.29 is 4.74 Å². The molecule has 0 spiro atoms. The predicted molar refractivity (Wildman–Crippen MR) is 79.2 cm³/mol. The first kappa shape index (κ1) is 13.8. The van der Waals surface area contributed by atoms with Crippen molar-refractivity contribution in [3.8, 4) is 5.75 Å². The highest BCUT2D eigenvalue weighted by molar-refractivity contribution is 7.11. The number of hydrogen-bond donors (Lipinski definition) is 1. The highest BCUT2D eigenvalue weighted by Gasteiger charge is 2.14. The number of ether oxygens (including phenoxy) is 1. The summed E-state index contributed by atoms with van der Waals surface area (Å²) in [5.74, 6) is 0.761. The number of nitrogens with zero attached hydrogens (tertiary/aromatic N) is 2. The van der Waals surface area contributed by atoms with Crippen LogP contribution in [0.5, 0.6) is 5.75 Å². The van der Waals surface area contributed by atoms with E-state index < -0.39 is 0 Å². The normalized spacial score (nSPS) is 12.3. The minimum atomic E-state index is 0.196. The zero-order chi connectivity index (χ0) is 14.0. The van der Waals surface area contributed by atoms with Crippen molar-refractivity contribution in [1.29, 1.82) is 0 Å². The van der Waals surface area contributed by atoms with Crippen LogP contribution < -0.4 is 10.1 Å². The van der Waals surface area contributed by atoms with Gasteiger partial charge in [0.15, 0.2) is 5.75 Å². The number of methoxy groups -OCH3 is 1. The molecule has 2 aromatic heterocycles. The van der Waals surface area contributed by atoms with E-state index in [2.05, 4.69) is 22.2 Å². The molecule has 2 aromatic rings. The molecule has 0 aromatic carbocycles. The molecule has 0 bridgehead atoms. The Hall–Kier alpha value is -1.62. The molecule has 0 saturated heterocycles. The van der Waals surface area contributed by atoms with Gasteiger partial charge in [-0.1, -0.05) is 0 Å². The van der Waals surface area contributed by atoms with Crippen molar-refractivity contribution in [2.75, 3.05) is 12.4 Å². The Morgan fingerprint density at radius 1 is 1.32 bits per heavy atom. The highest BCUT2D eigenvalue weighted by Crippen LogP contribution is 2.31. The fraction of sp³-hybridized carbons (Fsp3) is 0.429. The van der Waals surface area contributed by atoms with Gasteiger partial charge in [-0.15, -0.1) is 11.3 Å². The van der Waals surface area contributed by atoms with Crippen LogP contribution in [0.3, 0.4) is 0 Å². The van der Waals surface area contributed by atoms with Gasteiger partial charge in [0.2, 0.25) is 0 Å². The molecule has 4 nitrogen and oxygen atoms in total. The molecular formula is C14H19N3OS. The lowest BCUT2D eigenvalue weighted by molar-refractivity contribution is 0.414. The van der Waals surface area contributed by atoms with Crippen LogP contribution >= 0.6 is 11.3 Å². The second kappa shape index (κ2) is 5.57. The van der Waals surface area contributed by atoms with Crippen LogP contribution in [-0.4, -0.2) is 17.1 Å². The van der Waals surface area contributed by atoms with Gasteiger partial charge >= 0.3 is 0 Å². The SMILES string of the molecule is COc1cnc(C)cc1NC(C)c1sc(C)nc1C. The molecule has 19 heavy (non-hydrogen) atoms. The van der Waals surface area contributed by atoms with E-state index >= 15 is 0 Å². The Balaban J connectivity index is 2.25. The first-order valence-electron chi connectivity index (χ1n) is 6.22. The van der Waals surface area contributed by atoms with Crippen LogP contribution in [0.2, 0.25) is 0 Å². The zero-order valence-electron chi connectivity index (χ0n) is 11.9. The lowest BCUT2D eigenvalue weighted by Crippen LogP contribution is -2.08. The second-order valence-electron chi connectivity index (χ2n) is 4.57. The quantitative estimate of drug-likeness (QED) is 0.926. The minimum Gasteiger partial charge on any atom is -0.493 e. The average Bonchev–Trinajstić information content (AvgIpc) is 2.69. The molecule has 0 aliphatic heterocycles. The zero-order valence-corrected chi connectivity index (χ0v) is 12.8. The number of pyridine rings is 1. The van der Waals surface area contributed by atoms with Crippen molar-refractivity contribution in [2.45, 2.75) is 33.7 Å². The highest BCUT2D eigenvalue weighted by atomic mass is 32.1. The van der Waals surface area contributed by atoms with E-state index in [0.717, 1.165) is 27.8 Å². The lowest BCUT2D eigenvalue weighted by Gasteiger charge is -2.17. The smallest absolute Gasteiger partial charge is 0.160 e. The molecule has 1 N–H and O–H groups in total. The number of aryl methyl sites for hydroxylation is 3. The third-order valence-corrected chi connectivity index (χ3v) is 4.18. The first-order valence-corrected chi connectivity index (χ1v) is 7.04. The van der Waals surface area contributed by atoms with E-state index in [4.69, 9.17) is 4.74 Å². The van der Waals surface area contributed by atoms with E-state index in [1.54, 1.807) is 24.6 Å². The van der Waals surface area contributed by atoms with Crippen LogP contribution in [0.4, 0.5) is 5.69 Å². The summed E-state index contributed by atoms with van der Waals surface area (Å²) in [4.78, 5) is 9.96. The number of hydrogen-bond acceptors (Lipinski definition) is 5. The summed E-state index contributed by atoms with van der Waals surface area (Å²) in [6.45, 7) is 8.18. The number of nitrogens with one attached hydrogen (secondary N) is 1. The van der Waals surface area contributed by atoms with E-state index in [-0.39, 0.29) is 6.04 Å². The molecule has 1 unspecified atom stereocenters. The fourth-order valence-electron chi connectivity index (χ4n) is 2.07. The molecule has 2 rings (SSSR count). The van der Waals surface area contributed by atoms with E-state index in [9.17, 15) is 0 Å². The summed E-state index contributed by atoms with van der Waals surface area (Å²) in [5, 5.41) is 4.57. The van der Waals surface area contributed by atoms with Crippen LogP contribution in [0.25, 0.3) is 0 Å². The maximum absolute atomic E-state index is 5.34. The number of aromatic nitrogens is 2. The predicted octanol–water partition coefficient (Wildman–Crippen LogP) is 3.65. The Morgan fingerprint density at radius 2 is 2.05 bits per heavy atom. The maximum Gasteiger partial charge on any atom is 0.160 e. The van der Waals surface area contributed by atoms with Gasteiger partial charge in [-0.3, -0.25) is 4.98 Å². The summed E-state index contributed by atoms with van der Waals surface area (Å²) in [5.41, 5.74) is 3.02. The van der Waals surface area contributed by atoms with Crippen molar-refractivity contribution in [3.05, 3.63) is 33.5 Å². The van der Waals surface area contributed by atoms with Gasteiger partial charge in [0, 0.05) is 10.6 Å². The molecule has 0 fully saturated rings. The molecule has 102 valence electrons. The summed E-state index contributed by atoms with van der Waals surface area (Å²) >= 11 is 1.73. The monoisotopic (exact) mass is 277 g/mol. The number of thiazole rings is 1. The Labute approximate surface area is 117 Å². The summed E-state index contributed by atoms with van der Waals surface area (Å²) < 4.78 is 5.34. The molecule has 0 aliphatic carbocycles. The Morgan fingerprint density at radius 3 is 2.63 bits per heavy atom. The maximum atomic E-state index is 5.34. The molecule has 2 heterocycles. The topological polar surface area (TPSA) is 47.0 Å². The lowest BCUT2D eigenvalue weighted by atomic mass is 10.2. The summed E-state index contributed by atoms with van der Waals surface area (Å²) in [6.07, 6.45) is 1.75. The number of anilines is 1. The van der Waals surface area contributed by atoms with E-state index in [1.165, 1.54) is 4.88 Å². The van der Waals surface area contributed by atoms with Crippen molar-refractivity contribution in [3.63, 3.8) is 0 Å². The average molecular weight is 277 g/mol. The van der Waals surface area contributed by atoms with Gasteiger partial charge in [0.25, 0.3) is 0 Å². The minimum absolute atomic E-state index is 0.196. The van der Waals surface area contributed by atoms with E-state index in [1.807, 2.05) is 26.8 Å². The van der Waals surface area contributed by atoms with Gasteiger partial charge in [-0.25, -0.2) is 4.98 Å². The van der Waals surface area contributed by atoms with Crippen molar-refractivity contribution in [1.82, 2.24) is 9.97 Å². The Kier molecular flexibility index (Phi) is 4.04. The fourth-order valence-corrected chi connectivity index (χ4v) is 3.00. The van der Waals surface area contributed by atoms with Crippen LogP contribution in [0.15, 0.2) is 12.3 Å². The molecule has 5 heteroatoms. The van der Waals surface area contributed by atoms with Gasteiger partial charge in [0.1, 0.15) is 0 Å². The van der Waals surface area contributed by atoms with Crippen molar-refractivity contribution in [2.24, 2.45) is 0 Å². The molecular weight excluding hydrogens is 258 g/mol. The molecule has 0 radical (unpaired) electrons. The molecule has 0 amide bonds. The molecule has 0 saturated carbocycles. The standard InChI is InChI=1S/C14H19N3OS/c1-8-6-12(13(18-5)7-15-8)17-10(3)14-9(2)16-11(4)19-14/h6-7,10H,1-5H3,(H,15,17). The third-order valence-electron chi connectivity index (χ3n) is 2.93. The van der Waals surface area contributed by atoms with Gasteiger partial charge in [-0.05, 0) is 33.8 Å². The summed E-state index contributed by atoms with van der Waals surface area (Å²) in [7, 11) is 1.66. The van der Waals surface area contributed by atoms with Crippen LogP contribution in [0, 0.1) is 20.8 Å². The van der Waals surface area contributed by atoms with Gasteiger partial charge in [0.05, 0.1) is 35.7 Å². The summed E-state index contributed by atoms with van der Waals surface area (Å²) in [6, 6.07) is 2.19. The van der Waals surface area contributed by atoms with Crippen molar-refractivity contribution >= 4 is 17.0 Å². The Bertz CT molecular complexity index is 580. The number of rotatable bonds is 4. The molecule has 1 atom stereocenters. The van der Waals surface area contributed by atoms with Gasteiger partial charge < -0.3 is 10.1 Å². The molecule has 0 aliphatic rings. The second-order valence-corrected chi connectivity index (χ2v) is 5.81.